The Balaban J connectivity index is 1.21. The molecule has 1 fully saturated rings. The number of aromatic nitrogens is 4. The van der Waals surface area contributed by atoms with Crippen LogP contribution < -0.4 is 26.2 Å². The normalized spacial score (nSPS) is 14.8. The zero-order chi connectivity index (χ0) is 30.1. The van der Waals surface area contributed by atoms with Gasteiger partial charge in [0.2, 0.25) is 5.91 Å². The summed E-state index contributed by atoms with van der Waals surface area (Å²) in [5.74, 6) is -0.889. The Hall–Kier alpha value is -4.27. The minimum absolute atomic E-state index is 0.0148. The number of carbonyl (C=O) groups is 2. The Bertz CT molecular complexity index is 1420. The van der Waals surface area contributed by atoms with E-state index in [1.807, 2.05) is 0 Å². The second-order valence-electron chi connectivity index (χ2n) is 9.98. The number of ether oxygens (including phenoxy) is 1. The summed E-state index contributed by atoms with van der Waals surface area (Å²) in [7, 11) is 0. The van der Waals surface area contributed by atoms with Crippen molar-refractivity contribution in [3.63, 3.8) is 0 Å². The second-order valence-corrected chi connectivity index (χ2v) is 9.98. The highest BCUT2D eigenvalue weighted by atomic mass is 19.4. The van der Waals surface area contributed by atoms with Gasteiger partial charge in [-0.2, -0.15) is 0 Å². The Morgan fingerprint density at radius 1 is 1.17 bits per heavy atom. The molecule has 0 bridgehead atoms. The molecule has 0 radical (unpaired) electrons. The quantitative estimate of drug-likeness (QED) is 0.275. The van der Waals surface area contributed by atoms with Crippen LogP contribution in [0.15, 0.2) is 53.6 Å². The highest BCUT2D eigenvalue weighted by Gasteiger charge is 2.31. The van der Waals surface area contributed by atoms with Crippen LogP contribution in [0.3, 0.4) is 0 Å². The molecule has 3 heterocycles. The largest absolute Gasteiger partial charge is 0.573 e. The van der Waals surface area contributed by atoms with Gasteiger partial charge in [-0.25, -0.2) is 9.07 Å². The number of amides is 2. The van der Waals surface area contributed by atoms with Crippen LogP contribution in [0.2, 0.25) is 0 Å². The van der Waals surface area contributed by atoms with Crippen molar-refractivity contribution in [2.24, 2.45) is 5.92 Å². The van der Waals surface area contributed by atoms with Crippen LogP contribution in [-0.2, 0) is 24.4 Å². The van der Waals surface area contributed by atoms with Gasteiger partial charge in [-0.05, 0) is 62.0 Å². The lowest BCUT2D eigenvalue weighted by molar-refractivity contribution is -0.274. The van der Waals surface area contributed by atoms with E-state index in [1.54, 1.807) is 6.07 Å². The lowest BCUT2D eigenvalue weighted by atomic mass is 9.94. The summed E-state index contributed by atoms with van der Waals surface area (Å²) in [6.45, 7) is 1.56. The first kappa shape index (κ1) is 30.7. The molecule has 0 spiro atoms. The molecule has 2 amide bonds. The van der Waals surface area contributed by atoms with Crippen molar-refractivity contribution >= 4 is 17.5 Å². The van der Waals surface area contributed by atoms with Crippen LogP contribution in [0.5, 0.6) is 5.75 Å². The summed E-state index contributed by atoms with van der Waals surface area (Å²) in [6, 6.07) is 8.05. The maximum Gasteiger partial charge on any atom is 0.573 e. The molecule has 226 valence electrons. The van der Waals surface area contributed by atoms with E-state index in [1.165, 1.54) is 35.2 Å². The summed E-state index contributed by atoms with van der Waals surface area (Å²) in [6.07, 6.45) is -1.24. The summed E-state index contributed by atoms with van der Waals surface area (Å²) < 4.78 is 58.2. The number of hydrogen-bond acceptors (Lipinski definition) is 7. The molecule has 2 aromatic heterocycles. The number of benzene rings is 1. The maximum atomic E-state index is 14.7. The van der Waals surface area contributed by atoms with E-state index in [-0.39, 0.29) is 43.2 Å². The molecule has 3 aromatic rings. The van der Waals surface area contributed by atoms with Gasteiger partial charge in [-0.3, -0.25) is 14.4 Å². The Morgan fingerprint density at radius 2 is 1.95 bits per heavy atom. The fourth-order valence-electron chi connectivity index (χ4n) is 4.52. The van der Waals surface area contributed by atoms with Gasteiger partial charge in [0.15, 0.2) is 5.69 Å². The van der Waals surface area contributed by atoms with Gasteiger partial charge in [0, 0.05) is 37.5 Å². The third-order valence-corrected chi connectivity index (χ3v) is 6.64. The third kappa shape index (κ3) is 9.68. The molecule has 42 heavy (non-hydrogen) atoms. The van der Waals surface area contributed by atoms with Crippen molar-refractivity contribution in [1.82, 2.24) is 30.2 Å². The summed E-state index contributed by atoms with van der Waals surface area (Å²) in [5.41, 5.74) is 0.280. The van der Waals surface area contributed by atoms with Crippen molar-refractivity contribution in [3.05, 3.63) is 70.4 Å². The molecule has 1 aliphatic heterocycles. The number of anilines is 1. The zero-order valence-electron chi connectivity index (χ0n) is 22.6. The van der Waals surface area contributed by atoms with E-state index in [0.29, 0.717) is 23.6 Å². The monoisotopic (exact) mass is 593 g/mol. The fraction of sp³-hybridized carbons (Fsp3) is 0.444. The minimum Gasteiger partial charge on any atom is -0.406 e. The number of nitrogens with zero attached hydrogens (tertiary/aromatic N) is 4. The Labute approximate surface area is 238 Å². The van der Waals surface area contributed by atoms with Crippen molar-refractivity contribution in [3.8, 4) is 5.75 Å². The van der Waals surface area contributed by atoms with Gasteiger partial charge < -0.3 is 25.3 Å². The van der Waals surface area contributed by atoms with E-state index < -0.39 is 24.2 Å². The number of alkyl halides is 4. The molecule has 0 saturated carbocycles. The van der Waals surface area contributed by atoms with Crippen molar-refractivity contribution < 1.29 is 31.9 Å². The van der Waals surface area contributed by atoms with Gasteiger partial charge in [0.1, 0.15) is 11.9 Å². The van der Waals surface area contributed by atoms with Crippen LogP contribution >= 0.6 is 0 Å². The molecule has 1 aliphatic rings. The number of piperidine rings is 1. The van der Waals surface area contributed by atoms with Crippen LogP contribution in [0.25, 0.3) is 0 Å². The van der Waals surface area contributed by atoms with Crippen LogP contribution in [0, 0.1) is 5.92 Å². The number of carbonyl (C=O) groups excluding carboxylic acids is 2. The van der Waals surface area contributed by atoms with E-state index in [4.69, 9.17) is 0 Å². The van der Waals surface area contributed by atoms with E-state index in [9.17, 15) is 31.9 Å². The Morgan fingerprint density at radius 3 is 2.69 bits per heavy atom. The molecule has 1 unspecified atom stereocenters. The number of aryl methyl sites for hydroxylation is 1. The maximum absolute atomic E-state index is 14.7. The topological polar surface area (TPSA) is 132 Å². The fourth-order valence-corrected chi connectivity index (χ4v) is 4.52. The molecule has 1 aromatic carbocycles. The zero-order valence-corrected chi connectivity index (χ0v) is 22.6. The highest BCUT2D eigenvalue weighted by Crippen LogP contribution is 2.23. The molecule has 3 N–H and O–H groups in total. The molecular formula is C27H31F4N7O4. The first-order valence-corrected chi connectivity index (χ1v) is 13.4. The van der Waals surface area contributed by atoms with Gasteiger partial charge in [-0.1, -0.05) is 17.3 Å². The van der Waals surface area contributed by atoms with Crippen LogP contribution in [0.4, 0.5) is 23.2 Å². The van der Waals surface area contributed by atoms with Crippen LogP contribution in [-0.4, -0.2) is 57.0 Å². The van der Waals surface area contributed by atoms with E-state index in [0.717, 1.165) is 42.7 Å². The molecule has 1 saturated heterocycles. The SMILES string of the molecule is O=C(CC1CCNCC1)Nc1ccn(CCC(F)Cn2cc(C(=O)NCc3cccc(OC(F)(F)F)c3)nn2)c(=O)c1. The predicted octanol–water partition coefficient (Wildman–Crippen LogP) is 3.03. The van der Waals surface area contributed by atoms with Crippen molar-refractivity contribution in [1.29, 1.82) is 0 Å². The molecule has 0 aliphatic carbocycles. The average molecular weight is 594 g/mol. The van der Waals surface area contributed by atoms with Gasteiger partial charge in [0.25, 0.3) is 11.5 Å². The molecular weight excluding hydrogens is 562 g/mol. The van der Waals surface area contributed by atoms with E-state index in [2.05, 4.69) is 31.0 Å². The highest BCUT2D eigenvalue weighted by molar-refractivity contribution is 5.92. The van der Waals surface area contributed by atoms with Crippen molar-refractivity contribution in [2.75, 3.05) is 18.4 Å². The summed E-state index contributed by atoms with van der Waals surface area (Å²) in [5, 5.41) is 16.0. The number of hydrogen-bond donors (Lipinski definition) is 3. The first-order chi connectivity index (χ1) is 20.0. The second kappa shape index (κ2) is 14.1. The van der Waals surface area contributed by atoms with Gasteiger partial charge in [0.05, 0.1) is 12.7 Å². The molecule has 15 heteroatoms. The molecule has 1 atom stereocenters. The molecule has 4 rings (SSSR count). The third-order valence-electron chi connectivity index (χ3n) is 6.64. The Kier molecular flexibility index (Phi) is 10.3. The van der Waals surface area contributed by atoms with Crippen LogP contribution in [0.1, 0.15) is 41.7 Å². The molecule has 11 nitrogen and oxygen atoms in total. The first-order valence-electron chi connectivity index (χ1n) is 13.4. The predicted molar refractivity (Wildman–Crippen MR) is 143 cm³/mol. The summed E-state index contributed by atoms with van der Waals surface area (Å²) >= 11 is 0. The number of pyridine rings is 1. The minimum atomic E-state index is -4.83. The number of nitrogens with one attached hydrogen (secondary N) is 3. The van der Waals surface area contributed by atoms with Crippen molar-refractivity contribution in [2.45, 2.75) is 57.9 Å². The number of halogens is 4. The summed E-state index contributed by atoms with van der Waals surface area (Å²) in [4.78, 5) is 37.1. The van der Waals surface area contributed by atoms with Gasteiger partial charge in [-0.15, -0.1) is 18.3 Å². The lowest BCUT2D eigenvalue weighted by Gasteiger charge is -2.21. The number of rotatable bonds is 12. The standard InChI is InChI=1S/C27H31F4N7O4/c28-20(6-10-37-11-7-21(14-25(37)40)34-24(39)13-18-4-8-32-9-5-18)16-38-17-23(35-36-38)26(41)33-15-19-2-1-3-22(12-19)42-27(29,30)31/h1-3,7,11-12,14,17-18,20,32H,4-6,8-10,13,15-16H2,(H,33,41)(H,34,39). The van der Waals surface area contributed by atoms with E-state index >= 15 is 0 Å². The smallest absolute Gasteiger partial charge is 0.406 e. The average Bonchev–Trinajstić information content (AvgIpc) is 3.39. The van der Waals surface area contributed by atoms with Gasteiger partial charge >= 0.3 is 6.36 Å². The lowest BCUT2D eigenvalue weighted by Crippen LogP contribution is -2.30.